The van der Waals surface area contributed by atoms with E-state index in [-0.39, 0.29) is 30.9 Å². The number of rotatable bonds is 3. The van der Waals surface area contributed by atoms with Gasteiger partial charge < -0.3 is 14.9 Å². The van der Waals surface area contributed by atoms with Crippen LogP contribution in [0.2, 0.25) is 0 Å². The van der Waals surface area contributed by atoms with E-state index in [0.29, 0.717) is 24.0 Å². The van der Waals surface area contributed by atoms with Crippen LogP contribution in [0.4, 0.5) is 0 Å². The lowest BCUT2D eigenvalue weighted by Crippen LogP contribution is -2.39. The highest BCUT2D eigenvalue weighted by atomic mass is 16.6. The topological polar surface area (TPSA) is 87.1 Å². The number of aliphatic hydroxyl groups excluding tert-OH is 2. The van der Waals surface area contributed by atoms with Crippen molar-refractivity contribution in [3.8, 4) is 0 Å². The number of amides is 2. The van der Waals surface area contributed by atoms with E-state index in [1.807, 2.05) is 0 Å². The van der Waals surface area contributed by atoms with Gasteiger partial charge in [0.1, 0.15) is 0 Å². The zero-order chi connectivity index (χ0) is 15.0. The maximum absolute atomic E-state index is 12.2. The molecule has 1 fully saturated rings. The molecule has 3 atom stereocenters. The normalized spacial score (nSPS) is 28.9. The maximum atomic E-state index is 12.2. The number of carbonyl (C=O) groups excluding carboxylic acids is 2. The van der Waals surface area contributed by atoms with Crippen molar-refractivity contribution < 1.29 is 24.5 Å². The van der Waals surface area contributed by atoms with Gasteiger partial charge in [0.2, 0.25) is 0 Å². The molecule has 112 valence electrons. The Kier molecular flexibility index (Phi) is 3.75. The van der Waals surface area contributed by atoms with Gasteiger partial charge in [-0.25, -0.2) is 0 Å². The second-order valence-electron chi connectivity index (χ2n) is 5.43. The largest absolute Gasteiger partial charge is 0.393 e. The summed E-state index contributed by atoms with van der Waals surface area (Å²) in [6.45, 7) is 0.219. The molecule has 0 aliphatic carbocycles. The van der Waals surface area contributed by atoms with Gasteiger partial charge in [0.05, 0.1) is 23.3 Å². The number of hydrogen-bond acceptors (Lipinski definition) is 5. The molecular weight excluding hydrogens is 274 g/mol. The molecule has 0 unspecified atom stereocenters. The van der Waals surface area contributed by atoms with Gasteiger partial charge in [-0.15, -0.1) is 0 Å². The first kappa shape index (κ1) is 14.2. The van der Waals surface area contributed by atoms with E-state index in [0.717, 1.165) is 0 Å². The average Bonchev–Trinajstić information content (AvgIpc) is 2.69. The number of aliphatic hydroxyl groups is 2. The Morgan fingerprint density at radius 3 is 2.29 bits per heavy atom. The number of ether oxygens (including phenoxy) is 1. The lowest BCUT2D eigenvalue weighted by Gasteiger charge is -2.31. The van der Waals surface area contributed by atoms with Crippen LogP contribution >= 0.6 is 0 Å². The Balaban J connectivity index is 1.64. The quantitative estimate of drug-likeness (QED) is 0.793. The summed E-state index contributed by atoms with van der Waals surface area (Å²) in [5.74, 6) is -0.597. The van der Waals surface area contributed by atoms with E-state index < -0.39 is 12.4 Å². The van der Waals surface area contributed by atoms with Crippen LogP contribution in [0.3, 0.4) is 0 Å². The van der Waals surface area contributed by atoms with Gasteiger partial charge in [0, 0.05) is 13.0 Å². The van der Waals surface area contributed by atoms with Crippen LogP contribution in [0, 0.1) is 0 Å². The number of hydrogen-bond donors (Lipinski definition) is 2. The minimum atomic E-state index is -0.985. The Morgan fingerprint density at radius 1 is 1.10 bits per heavy atom. The smallest absolute Gasteiger partial charge is 0.261 e. The molecule has 2 heterocycles. The summed E-state index contributed by atoms with van der Waals surface area (Å²) in [6.07, 6.45) is -0.946. The monoisotopic (exact) mass is 291 g/mol. The van der Waals surface area contributed by atoms with Crippen LogP contribution in [0.5, 0.6) is 0 Å². The number of fused-ring (bicyclic) bond motifs is 1. The number of carbonyl (C=O) groups is 2. The SMILES string of the molecule is O=C1c2ccccc2C(=O)N1CC[C@@H]1C[C@H](O)C[C@H](O)O1. The number of nitrogens with zero attached hydrogens (tertiary/aromatic N) is 1. The van der Waals surface area contributed by atoms with Crippen molar-refractivity contribution in [3.63, 3.8) is 0 Å². The summed E-state index contributed by atoms with van der Waals surface area (Å²) < 4.78 is 5.31. The Hall–Kier alpha value is -1.76. The fraction of sp³-hybridized carbons (Fsp3) is 0.467. The van der Waals surface area contributed by atoms with E-state index in [1.165, 1.54) is 4.90 Å². The molecule has 21 heavy (non-hydrogen) atoms. The molecule has 1 saturated heterocycles. The minimum absolute atomic E-state index is 0.198. The van der Waals surface area contributed by atoms with Crippen LogP contribution in [-0.4, -0.2) is 52.0 Å². The van der Waals surface area contributed by atoms with Crippen LogP contribution in [0.25, 0.3) is 0 Å². The maximum Gasteiger partial charge on any atom is 0.261 e. The fourth-order valence-corrected chi connectivity index (χ4v) is 2.87. The predicted octanol–water partition coefficient (Wildman–Crippen LogP) is 0.531. The molecule has 6 heteroatoms. The summed E-state index contributed by atoms with van der Waals surface area (Å²) in [5, 5.41) is 19.1. The van der Waals surface area contributed by atoms with Crippen molar-refractivity contribution in [1.82, 2.24) is 4.90 Å². The highest BCUT2D eigenvalue weighted by molar-refractivity contribution is 6.21. The van der Waals surface area contributed by atoms with E-state index in [1.54, 1.807) is 24.3 Å². The molecule has 2 amide bonds. The summed E-state index contributed by atoms with van der Waals surface area (Å²) >= 11 is 0. The van der Waals surface area contributed by atoms with E-state index in [4.69, 9.17) is 4.74 Å². The molecular formula is C15H17NO5. The lowest BCUT2D eigenvalue weighted by molar-refractivity contribution is -0.190. The van der Waals surface area contributed by atoms with Gasteiger partial charge in [0.25, 0.3) is 11.8 Å². The highest BCUT2D eigenvalue weighted by Crippen LogP contribution is 2.25. The van der Waals surface area contributed by atoms with Crippen molar-refractivity contribution in [2.24, 2.45) is 0 Å². The van der Waals surface area contributed by atoms with E-state index >= 15 is 0 Å². The van der Waals surface area contributed by atoms with E-state index in [2.05, 4.69) is 0 Å². The standard InChI is InChI=1S/C15H17NO5/c17-9-7-10(21-13(18)8-9)5-6-16-14(19)11-3-1-2-4-12(11)15(16)20/h1-4,9-10,13,17-18H,5-8H2/t9-,10+,13+/m0/s1. The third kappa shape index (κ3) is 2.70. The molecule has 2 aliphatic heterocycles. The average molecular weight is 291 g/mol. The Labute approximate surface area is 121 Å². The summed E-state index contributed by atoms with van der Waals surface area (Å²) in [6, 6.07) is 6.73. The van der Waals surface area contributed by atoms with Gasteiger partial charge in [0.15, 0.2) is 6.29 Å². The van der Waals surface area contributed by atoms with Crippen LogP contribution in [0.15, 0.2) is 24.3 Å². The molecule has 0 bridgehead atoms. The second-order valence-corrected chi connectivity index (χ2v) is 5.43. The molecule has 0 spiro atoms. The summed E-state index contributed by atoms with van der Waals surface area (Å²) in [4.78, 5) is 25.5. The zero-order valence-corrected chi connectivity index (χ0v) is 11.4. The van der Waals surface area contributed by atoms with Crippen LogP contribution in [-0.2, 0) is 4.74 Å². The zero-order valence-electron chi connectivity index (χ0n) is 11.4. The fourth-order valence-electron chi connectivity index (χ4n) is 2.87. The predicted molar refractivity (Wildman–Crippen MR) is 72.5 cm³/mol. The number of benzene rings is 1. The highest BCUT2D eigenvalue weighted by Gasteiger charge is 2.36. The molecule has 1 aromatic carbocycles. The molecule has 6 nitrogen and oxygen atoms in total. The third-order valence-corrected chi connectivity index (χ3v) is 3.91. The van der Waals surface area contributed by atoms with Crippen molar-refractivity contribution in [1.29, 1.82) is 0 Å². The molecule has 1 aromatic rings. The molecule has 2 aliphatic rings. The lowest BCUT2D eigenvalue weighted by atomic mass is 10.0. The molecule has 0 radical (unpaired) electrons. The Morgan fingerprint density at radius 2 is 1.71 bits per heavy atom. The van der Waals surface area contributed by atoms with Crippen LogP contribution in [0.1, 0.15) is 40.0 Å². The molecule has 0 aromatic heterocycles. The first-order valence-corrected chi connectivity index (χ1v) is 7.03. The van der Waals surface area contributed by atoms with Gasteiger partial charge in [-0.2, -0.15) is 0 Å². The van der Waals surface area contributed by atoms with Gasteiger partial charge in [-0.05, 0) is 25.0 Å². The van der Waals surface area contributed by atoms with Gasteiger partial charge in [-0.1, -0.05) is 12.1 Å². The van der Waals surface area contributed by atoms with Crippen molar-refractivity contribution >= 4 is 11.8 Å². The Bertz CT molecular complexity index is 528. The summed E-state index contributed by atoms with van der Waals surface area (Å²) in [7, 11) is 0. The van der Waals surface area contributed by atoms with Crippen molar-refractivity contribution in [3.05, 3.63) is 35.4 Å². The number of imide groups is 1. The molecule has 0 saturated carbocycles. The van der Waals surface area contributed by atoms with Gasteiger partial charge >= 0.3 is 0 Å². The van der Waals surface area contributed by atoms with Crippen molar-refractivity contribution in [2.75, 3.05) is 6.54 Å². The third-order valence-electron chi connectivity index (χ3n) is 3.91. The first-order chi connectivity index (χ1) is 10.1. The minimum Gasteiger partial charge on any atom is -0.393 e. The summed E-state index contributed by atoms with van der Waals surface area (Å²) in [5.41, 5.74) is 0.847. The van der Waals surface area contributed by atoms with Crippen molar-refractivity contribution in [2.45, 2.75) is 37.8 Å². The van der Waals surface area contributed by atoms with Crippen LogP contribution < -0.4 is 0 Å². The first-order valence-electron chi connectivity index (χ1n) is 7.03. The molecule has 2 N–H and O–H groups in total. The van der Waals surface area contributed by atoms with E-state index in [9.17, 15) is 19.8 Å². The van der Waals surface area contributed by atoms with Gasteiger partial charge in [-0.3, -0.25) is 14.5 Å². The second kappa shape index (κ2) is 5.55. The molecule has 3 rings (SSSR count).